The number of amides is 3. The van der Waals surface area contributed by atoms with Crippen molar-refractivity contribution in [1.82, 2.24) is 20.1 Å². The summed E-state index contributed by atoms with van der Waals surface area (Å²) >= 11 is 0. The standard InChI is InChI=1S/C22H26FN5O3/c1-2-7-25-22(30)28-10-9-27-13-20(29)26-18-11-15(17-4-3-8-24-21(17)23)5-6-19(18)31-14-16(27)12-28/h3-6,8,11,16H,2,7,9-10,12-14H2,1H3,(H,25,30)(H,26,29)/t16-/m1/s1. The number of nitrogens with one attached hydrogen (secondary N) is 2. The number of piperazine rings is 1. The minimum absolute atomic E-state index is 0.0886. The first-order chi connectivity index (χ1) is 15.0. The molecule has 1 atom stereocenters. The molecule has 0 bridgehead atoms. The fraction of sp³-hybridized carbons (Fsp3) is 0.409. The first-order valence-corrected chi connectivity index (χ1v) is 10.5. The molecule has 4 rings (SSSR count). The summed E-state index contributed by atoms with van der Waals surface area (Å²) in [5.41, 5.74) is 1.44. The lowest BCUT2D eigenvalue weighted by atomic mass is 10.1. The van der Waals surface area contributed by atoms with Gasteiger partial charge in [-0.2, -0.15) is 4.39 Å². The van der Waals surface area contributed by atoms with E-state index in [1.54, 1.807) is 35.2 Å². The number of fused-ring (bicyclic) bond motifs is 2. The van der Waals surface area contributed by atoms with Crippen molar-refractivity contribution in [3.63, 3.8) is 0 Å². The molecule has 9 heteroatoms. The minimum atomic E-state index is -0.573. The highest BCUT2D eigenvalue weighted by Crippen LogP contribution is 2.32. The molecule has 2 aromatic rings. The molecule has 3 heterocycles. The van der Waals surface area contributed by atoms with Crippen LogP contribution in [0, 0.1) is 5.95 Å². The Balaban J connectivity index is 1.53. The molecule has 3 amide bonds. The Kier molecular flexibility index (Phi) is 6.31. The van der Waals surface area contributed by atoms with Gasteiger partial charge in [0.2, 0.25) is 11.9 Å². The molecule has 2 aliphatic rings. The average Bonchev–Trinajstić information content (AvgIpc) is 2.83. The van der Waals surface area contributed by atoms with Gasteiger partial charge in [-0.15, -0.1) is 0 Å². The minimum Gasteiger partial charge on any atom is -0.490 e. The van der Waals surface area contributed by atoms with Crippen molar-refractivity contribution < 1.29 is 18.7 Å². The van der Waals surface area contributed by atoms with E-state index in [-0.39, 0.29) is 24.5 Å². The molecule has 2 N–H and O–H groups in total. The van der Waals surface area contributed by atoms with Crippen LogP contribution in [0.1, 0.15) is 13.3 Å². The summed E-state index contributed by atoms with van der Waals surface area (Å²) in [6.45, 7) is 4.80. The van der Waals surface area contributed by atoms with Crippen molar-refractivity contribution in [2.45, 2.75) is 19.4 Å². The number of carbonyl (C=O) groups is 2. The number of nitrogens with zero attached hydrogens (tertiary/aromatic N) is 3. The number of hydrogen-bond donors (Lipinski definition) is 2. The zero-order valence-electron chi connectivity index (χ0n) is 17.4. The number of halogens is 1. The van der Waals surface area contributed by atoms with Gasteiger partial charge in [0.05, 0.1) is 18.3 Å². The molecule has 0 spiro atoms. The quantitative estimate of drug-likeness (QED) is 0.735. The molecule has 164 valence electrons. The van der Waals surface area contributed by atoms with E-state index in [0.717, 1.165) is 6.42 Å². The average molecular weight is 427 g/mol. The Morgan fingerprint density at radius 3 is 3.03 bits per heavy atom. The Bertz CT molecular complexity index is 970. The smallest absolute Gasteiger partial charge is 0.317 e. The highest BCUT2D eigenvalue weighted by molar-refractivity contribution is 5.94. The third-order valence-corrected chi connectivity index (χ3v) is 5.52. The molecule has 0 saturated carbocycles. The highest BCUT2D eigenvalue weighted by atomic mass is 19.1. The largest absolute Gasteiger partial charge is 0.490 e. The second-order valence-corrected chi connectivity index (χ2v) is 7.71. The Hall–Kier alpha value is -3.20. The molecule has 0 unspecified atom stereocenters. The summed E-state index contributed by atoms with van der Waals surface area (Å²) < 4.78 is 20.1. The third-order valence-electron chi connectivity index (χ3n) is 5.52. The van der Waals surface area contributed by atoms with Crippen LogP contribution in [0.3, 0.4) is 0 Å². The first kappa shape index (κ1) is 21.0. The zero-order chi connectivity index (χ0) is 21.8. The van der Waals surface area contributed by atoms with Gasteiger partial charge in [0, 0.05) is 37.9 Å². The fourth-order valence-corrected chi connectivity index (χ4v) is 3.87. The van der Waals surface area contributed by atoms with Crippen LogP contribution in [0.5, 0.6) is 5.75 Å². The molecule has 1 fully saturated rings. The number of anilines is 1. The van der Waals surface area contributed by atoms with Crippen LogP contribution in [-0.4, -0.2) is 72.1 Å². The van der Waals surface area contributed by atoms with Crippen LogP contribution >= 0.6 is 0 Å². The first-order valence-electron chi connectivity index (χ1n) is 10.5. The van der Waals surface area contributed by atoms with Gasteiger partial charge >= 0.3 is 6.03 Å². The van der Waals surface area contributed by atoms with Crippen LogP contribution in [-0.2, 0) is 4.79 Å². The van der Waals surface area contributed by atoms with E-state index in [0.29, 0.717) is 55.3 Å². The molecule has 2 aliphatic heterocycles. The van der Waals surface area contributed by atoms with E-state index in [1.807, 2.05) is 11.8 Å². The van der Waals surface area contributed by atoms with E-state index in [2.05, 4.69) is 15.6 Å². The van der Waals surface area contributed by atoms with Crippen LogP contribution in [0.25, 0.3) is 11.1 Å². The Labute approximate surface area is 180 Å². The van der Waals surface area contributed by atoms with Crippen LogP contribution in [0.2, 0.25) is 0 Å². The Morgan fingerprint density at radius 2 is 2.23 bits per heavy atom. The predicted octanol–water partition coefficient (Wildman–Crippen LogP) is 2.32. The molecule has 1 aromatic heterocycles. The number of rotatable bonds is 3. The number of benzene rings is 1. The van der Waals surface area contributed by atoms with Crippen molar-refractivity contribution in [3.05, 3.63) is 42.5 Å². The van der Waals surface area contributed by atoms with Crippen molar-refractivity contribution >= 4 is 17.6 Å². The van der Waals surface area contributed by atoms with Crippen molar-refractivity contribution in [1.29, 1.82) is 0 Å². The summed E-state index contributed by atoms with van der Waals surface area (Å²) in [4.78, 5) is 32.5. The molecular formula is C22H26FN5O3. The van der Waals surface area contributed by atoms with E-state index >= 15 is 0 Å². The molecule has 8 nitrogen and oxygen atoms in total. The number of hydrogen-bond acceptors (Lipinski definition) is 5. The number of ether oxygens (including phenoxy) is 1. The van der Waals surface area contributed by atoms with Gasteiger partial charge in [0.25, 0.3) is 0 Å². The molecule has 0 aliphatic carbocycles. The highest BCUT2D eigenvalue weighted by Gasteiger charge is 2.32. The molecule has 0 radical (unpaired) electrons. The van der Waals surface area contributed by atoms with Crippen LogP contribution in [0.4, 0.5) is 14.9 Å². The lowest BCUT2D eigenvalue weighted by molar-refractivity contribution is -0.118. The summed E-state index contributed by atoms with van der Waals surface area (Å²) in [5, 5.41) is 5.79. The van der Waals surface area contributed by atoms with E-state index < -0.39 is 5.95 Å². The van der Waals surface area contributed by atoms with Gasteiger partial charge in [-0.3, -0.25) is 9.69 Å². The van der Waals surface area contributed by atoms with Gasteiger partial charge in [0.15, 0.2) is 0 Å². The SMILES string of the molecule is CCCNC(=O)N1CCN2CC(=O)Nc3cc(-c4cccnc4F)ccc3OC[C@H]2C1. The lowest BCUT2D eigenvalue weighted by Crippen LogP contribution is -2.59. The van der Waals surface area contributed by atoms with E-state index in [9.17, 15) is 14.0 Å². The second kappa shape index (κ2) is 9.30. The number of urea groups is 1. The van der Waals surface area contributed by atoms with Crippen molar-refractivity contribution in [2.24, 2.45) is 0 Å². The van der Waals surface area contributed by atoms with Crippen LogP contribution in [0.15, 0.2) is 36.5 Å². The number of aromatic nitrogens is 1. The van der Waals surface area contributed by atoms with Gasteiger partial charge in [-0.05, 0) is 36.2 Å². The maximum atomic E-state index is 14.1. The molecule has 31 heavy (non-hydrogen) atoms. The third kappa shape index (κ3) is 4.77. The van der Waals surface area contributed by atoms with E-state index in [4.69, 9.17) is 4.74 Å². The van der Waals surface area contributed by atoms with Gasteiger partial charge < -0.3 is 20.3 Å². The predicted molar refractivity (Wildman–Crippen MR) is 114 cm³/mol. The Morgan fingerprint density at radius 1 is 1.35 bits per heavy atom. The maximum absolute atomic E-state index is 14.1. The number of pyridine rings is 1. The lowest BCUT2D eigenvalue weighted by Gasteiger charge is -2.40. The molecule has 1 saturated heterocycles. The summed E-state index contributed by atoms with van der Waals surface area (Å²) in [5.74, 6) is -0.239. The van der Waals surface area contributed by atoms with Gasteiger partial charge in [-0.25, -0.2) is 9.78 Å². The summed E-state index contributed by atoms with van der Waals surface area (Å²) in [6, 6.07) is 8.27. The zero-order valence-corrected chi connectivity index (χ0v) is 17.4. The van der Waals surface area contributed by atoms with Gasteiger partial charge in [0.1, 0.15) is 12.4 Å². The van der Waals surface area contributed by atoms with E-state index in [1.165, 1.54) is 6.20 Å². The monoisotopic (exact) mass is 427 g/mol. The normalized spacial score (nSPS) is 19.1. The maximum Gasteiger partial charge on any atom is 0.317 e. The second-order valence-electron chi connectivity index (χ2n) is 7.71. The molecular weight excluding hydrogens is 401 g/mol. The van der Waals surface area contributed by atoms with Gasteiger partial charge in [-0.1, -0.05) is 13.0 Å². The van der Waals surface area contributed by atoms with Crippen molar-refractivity contribution in [3.8, 4) is 16.9 Å². The van der Waals surface area contributed by atoms with Crippen molar-refractivity contribution in [2.75, 3.05) is 44.6 Å². The summed E-state index contributed by atoms with van der Waals surface area (Å²) in [7, 11) is 0. The topological polar surface area (TPSA) is 86.8 Å². The van der Waals surface area contributed by atoms with Crippen LogP contribution < -0.4 is 15.4 Å². The number of carbonyl (C=O) groups excluding carboxylic acids is 2. The molecule has 1 aromatic carbocycles. The summed E-state index contributed by atoms with van der Waals surface area (Å²) in [6.07, 6.45) is 2.27. The fourth-order valence-electron chi connectivity index (χ4n) is 3.87.